The number of benzene rings is 4. The topological polar surface area (TPSA) is 291 Å². The van der Waals surface area contributed by atoms with Crippen molar-refractivity contribution in [1.82, 2.24) is 19.6 Å². The zero-order valence-corrected chi connectivity index (χ0v) is 30.5. The van der Waals surface area contributed by atoms with Crippen molar-refractivity contribution < 1.29 is 45.8 Å². The van der Waals surface area contributed by atoms with Crippen molar-refractivity contribution in [2.45, 2.75) is 23.6 Å². The molecule has 53 heavy (non-hydrogen) atoms. The summed E-state index contributed by atoms with van der Waals surface area (Å²) in [5, 5.41) is 54.6. The summed E-state index contributed by atoms with van der Waals surface area (Å²) in [6.45, 7) is 3.27. The molecule has 18 nitrogen and oxygen atoms in total. The molecule has 6 N–H and O–H groups in total. The predicted octanol–water partition coefficient (Wildman–Crippen LogP) is 3.33. The van der Waals surface area contributed by atoms with Gasteiger partial charge in [-0.3, -0.25) is 19.8 Å². The van der Waals surface area contributed by atoms with Crippen LogP contribution in [0.2, 0.25) is 0 Å². The first kappa shape index (κ1) is 39.8. The van der Waals surface area contributed by atoms with Crippen molar-refractivity contribution in [2.75, 3.05) is 0 Å². The van der Waals surface area contributed by atoms with Crippen LogP contribution in [0.1, 0.15) is 12.8 Å². The van der Waals surface area contributed by atoms with Gasteiger partial charge in [-0.05, 0) is 62.4 Å². The number of aryl methyl sites for hydroxylation is 2. The Balaban J connectivity index is 0.000000280. The van der Waals surface area contributed by atoms with E-state index in [-0.39, 0.29) is 51.3 Å². The number of nitrogens with zero attached hydrogens (tertiary/aromatic N) is 6. The first-order chi connectivity index (χ1) is 24.5. The molecule has 2 aromatic heterocycles. The number of azo groups is 2. The van der Waals surface area contributed by atoms with Crippen LogP contribution >= 0.6 is 0 Å². The van der Waals surface area contributed by atoms with Gasteiger partial charge in [0.05, 0.1) is 43.9 Å². The Morgan fingerprint density at radius 2 is 0.925 bits per heavy atom. The van der Waals surface area contributed by atoms with E-state index in [0.29, 0.717) is 22.8 Å². The van der Waals surface area contributed by atoms with Crippen LogP contribution in [0, 0.1) is 13.8 Å². The molecule has 0 fully saturated rings. The van der Waals surface area contributed by atoms with Gasteiger partial charge in [-0.2, -0.15) is 10.2 Å². The van der Waals surface area contributed by atoms with Gasteiger partial charge in [0, 0.05) is 17.4 Å². The molecule has 4 aromatic carbocycles. The van der Waals surface area contributed by atoms with E-state index in [2.05, 4.69) is 30.7 Å². The van der Waals surface area contributed by atoms with Crippen LogP contribution in [-0.4, -0.2) is 36.4 Å². The molecule has 0 saturated carbocycles. The van der Waals surface area contributed by atoms with Gasteiger partial charge in [0.25, 0.3) is 11.1 Å². The summed E-state index contributed by atoms with van der Waals surface area (Å²) < 4.78 is 48.1. The SMILES string of the molecule is Cc1[nH]n(-c2ccccc2)c(=O)c1N=Nc1cc(S(N)(=O)=O)ccc1[O-].Cc1[nH]n(-c2ccccc2)c(=O)c1N=Nc1cc(S(N)(=O)=O)ccc1[O-].[Cr].[H+]. The minimum absolute atomic E-state index is 0. The summed E-state index contributed by atoms with van der Waals surface area (Å²) in [5.41, 5.74) is 0.759. The number of hydrogen-bond donors (Lipinski definition) is 4. The average molecular weight is 798 g/mol. The second kappa shape index (κ2) is 16.2. The molecule has 274 valence electrons. The molecule has 0 saturated heterocycles. The van der Waals surface area contributed by atoms with Gasteiger partial charge < -0.3 is 10.2 Å². The van der Waals surface area contributed by atoms with E-state index in [9.17, 15) is 36.6 Å². The van der Waals surface area contributed by atoms with Crippen LogP contribution in [-0.2, 0) is 37.4 Å². The van der Waals surface area contributed by atoms with Gasteiger partial charge >= 0.3 is 1.43 Å². The minimum atomic E-state index is -3.99. The first-order valence-electron chi connectivity index (χ1n) is 14.8. The van der Waals surface area contributed by atoms with Crippen molar-refractivity contribution in [3.05, 3.63) is 129 Å². The summed E-state index contributed by atoms with van der Waals surface area (Å²) in [6, 6.07) is 24.0. The number of para-hydroxylation sites is 2. The van der Waals surface area contributed by atoms with Crippen LogP contribution in [0.25, 0.3) is 11.4 Å². The molecule has 0 aliphatic rings. The number of hydrogen-bond acceptors (Lipinski definition) is 12. The molecule has 0 amide bonds. The van der Waals surface area contributed by atoms with Gasteiger partial charge in [0.1, 0.15) is 0 Å². The van der Waals surface area contributed by atoms with E-state index in [1.807, 2.05) is 12.1 Å². The molecule has 0 aliphatic heterocycles. The standard InChI is InChI=1S/2C16H15N5O4S.Cr/c2*1-10-15(16(23)21(20-10)11-5-3-2-4-6-11)19-18-13-9-12(26(17,24)25)7-8-14(13)22;/h2*2-9,20,22H,1H3,(H2,17,24,25);/p-1. The van der Waals surface area contributed by atoms with Crippen LogP contribution in [0.15, 0.2) is 137 Å². The van der Waals surface area contributed by atoms with Crippen LogP contribution in [0.3, 0.4) is 0 Å². The monoisotopic (exact) mass is 797 g/mol. The van der Waals surface area contributed by atoms with Crippen LogP contribution in [0.5, 0.6) is 11.5 Å². The number of aromatic amines is 2. The maximum Gasteiger partial charge on any atom is 1.00 e. The van der Waals surface area contributed by atoms with Gasteiger partial charge in [-0.15, -0.1) is 10.2 Å². The third-order valence-electron chi connectivity index (χ3n) is 7.14. The second-order valence-corrected chi connectivity index (χ2v) is 14.0. The largest absolute Gasteiger partial charge is 1.00 e. The summed E-state index contributed by atoms with van der Waals surface area (Å²) in [7, 11) is -7.97. The molecule has 2 heterocycles. The third-order valence-corrected chi connectivity index (χ3v) is 8.96. The minimum Gasteiger partial charge on any atom is -0.871 e. The number of aromatic nitrogens is 4. The molecular formula is C32H29CrN10O8S2-. The summed E-state index contributed by atoms with van der Waals surface area (Å²) >= 11 is 0. The molecule has 0 radical (unpaired) electrons. The molecular weight excluding hydrogens is 769 g/mol. The molecule has 0 bridgehead atoms. The number of primary sulfonamides is 2. The smallest absolute Gasteiger partial charge is 0.871 e. The molecule has 0 spiro atoms. The van der Waals surface area contributed by atoms with Crippen molar-refractivity contribution in [2.24, 2.45) is 30.7 Å². The maximum atomic E-state index is 12.5. The summed E-state index contributed by atoms with van der Waals surface area (Å²) in [6.07, 6.45) is 0. The number of nitrogens with two attached hydrogens (primary N) is 2. The van der Waals surface area contributed by atoms with E-state index in [1.165, 1.54) is 9.36 Å². The first-order valence-corrected chi connectivity index (χ1v) is 17.9. The van der Waals surface area contributed by atoms with Gasteiger partial charge in [-0.1, -0.05) is 60.0 Å². The Morgan fingerprint density at radius 3 is 1.25 bits per heavy atom. The van der Waals surface area contributed by atoms with Crippen LogP contribution in [0.4, 0.5) is 22.7 Å². The fraction of sp³-hybridized carbons (Fsp3) is 0.0625. The predicted molar refractivity (Wildman–Crippen MR) is 186 cm³/mol. The quantitative estimate of drug-likeness (QED) is 0.165. The normalized spacial score (nSPS) is 11.7. The molecule has 21 heteroatoms. The third kappa shape index (κ3) is 9.30. The summed E-state index contributed by atoms with van der Waals surface area (Å²) in [5.74, 6) is -1.09. The van der Waals surface area contributed by atoms with Crippen molar-refractivity contribution in [3.8, 4) is 22.9 Å². The molecule has 0 atom stereocenters. The molecule has 6 rings (SSSR count). The van der Waals surface area contributed by atoms with Crippen molar-refractivity contribution in [3.63, 3.8) is 0 Å². The Labute approximate surface area is 313 Å². The van der Waals surface area contributed by atoms with E-state index in [0.717, 1.165) is 36.4 Å². The van der Waals surface area contributed by atoms with Gasteiger partial charge in [0.15, 0.2) is 11.4 Å². The zero-order chi connectivity index (χ0) is 37.8. The maximum absolute atomic E-state index is 12.5. The molecule has 6 aromatic rings. The van der Waals surface area contributed by atoms with Gasteiger partial charge in [0.2, 0.25) is 20.0 Å². The van der Waals surface area contributed by atoms with Crippen molar-refractivity contribution in [1.29, 1.82) is 0 Å². The zero-order valence-electron chi connectivity index (χ0n) is 28.6. The summed E-state index contributed by atoms with van der Waals surface area (Å²) in [4.78, 5) is 24.5. The van der Waals surface area contributed by atoms with Crippen molar-refractivity contribution >= 4 is 42.8 Å². The molecule has 0 unspecified atom stereocenters. The van der Waals surface area contributed by atoms with E-state index < -0.39 is 42.7 Å². The molecule has 0 aliphatic carbocycles. The fourth-order valence-corrected chi connectivity index (χ4v) is 5.61. The number of sulfonamides is 2. The van der Waals surface area contributed by atoms with E-state index >= 15 is 0 Å². The Bertz CT molecular complexity index is 2490. The Hall–Kier alpha value is -5.95. The number of rotatable bonds is 8. The number of nitrogens with one attached hydrogen (secondary N) is 2. The average Bonchev–Trinajstić information content (AvgIpc) is 3.56. The Kier molecular flexibility index (Phi) is 12.1. The number of H-pyrrole nitrogens is 2. The van der Waals surface area contributed by atoms with Crippen LogP contribution < -0.4 is 31.6 Å². The van der Waals surface area contributed by atoms with Gasteiger partial charge in [-0.25, -0.2) is 36.5 Å². The second-order valence-electron chi connectivity index (χ2n) is 10.9. The Morgan fingerprint density at radius 1 is 0.585 bits per heavy atom. The fourth-order valence-electron chi connectivity index (χ4n) is 4.54. The van der Waals surface area contributed by atoms with E-state index in [4.69, 9.17) is 10.3 Å². The van der Waals surface area contributed by atoms with E-state index in [1.54, 1.807) is 62.4 Å².